The minimum Gasteiger partial charge on any atom is -0.495 e. The van der Waals surface area contributed by atoms with E-state index in [1.807, 2.05) is 18.2 Å². The van der Waals surface area contributed by atoms with Gasteiger partial charge in [-0.2, -0.15) is 0 Å². The fraction of sp³-hybridized carbons (Fsp3) is 0.679. The van der Waals surface area contributed by atoms with E-state index < -0.39 is 6.04 Å². The van der Waals surface area contributed by atoms with Gasteiger partial charge in [-0.05, 0) is 68.5 Å². The number of nitrogens with zero attached hydrogens (tertiary/aromatic N) is 3. The van der Waals surface area contributed by atoms with E-state index in [1.54, 1.807) is 7.11 Å². The van der Waals surface area contributed by atoms with Crippen LogP contribution < -0.4 is 15.0 Å². The Balaban J connectivity index is 0.997. The normalized spacial score (nSPS) is 28.2. The first-order chi connectivity index (χ1) is 17.5. The van der Waals surface area contributed by atoms with E-state index >= 15 is 0 Å². The van der Waals surface area contributed by atoms with Crippen molar-refractivity contribution in [2.75, 3.05) is 51.3 Å². The molecule has 2 aliphatic heterocycles. The van der Waals surface area contributed by atoms with Gasteiger partial charge in [-0.15, -0.1) is 0 Å². The Bertz CT molecular complexity index is 961. The molecule has 0 aromatic heterocycles. The van der Waals surface area contributed by atoms with Gasteiger partial charge in [-0.3, -0.25) is 24.2 Å². The van der Waals surface area contributed by atoms with Crippen LogP contribution in [0, 0.1) is 17.8 Å². The number of benzene rings is 1. The molecule has 2 saturated carbocycles. The average Bonchev–Trinajstić information content (AvgIpc) is 3.58. The van der Waals surface area contributed by atoms with Gasteiger partial charge in [0.1, 0.15) is 11.8 Å². The Labute approximate surface area is 214 Å². The number of imide groups is 1. The lowest BCUT2D eigenvalue weighted by Gasteiger charge is -2.36. The smallest absolute Gasteiger partial charge is 0.252 e. The van der Waals surface area contributed by atoms with Gasteiger partial charge >= 0.3 is 0 Å². The number of amides is 3. The number of piperazine rings is 1. The second-order valence-electron chi connectivity index (χ2n) is 11.1. The van der Waals surface area contributed by atoms with Gasteiger partial charge in [-0.1, -0.05) is 18.6 Å². The summed E-state index contributed by atoms with van der Waals surface area (Å²) in [5, 5.41) is 2.87. The highest BCUT2D eigenvalue weighted by Crippen LogP contribution is 2.49. The van der Waals surface area contributed by atoms with Crippen molar-refractivity contribution in [1.29, 1.82) is 0 Å². The number of rotatable bonds is 10. The van der Waals surface area contributed by atoms with Crippen LogP contribution in [-0.2, 0) is 14.4 Å². The number of hydrogen-bond acceptors (Lipinski definition) is 6. The molecule has 4 aliphatic rings. The van der Waals surface area contributed by atoms with E-state index in [-0.39, 0.29) is 24.1 Å². The van der Waals surface area contributed by atoms with Crippen LogP contribution in [0.2, 0.25) is 0 Å². The van der Waals surface area contributed by atoms with Crippen molar-refractivity contribution in [2.45, 2.75) is 57.4 Å². The first kappa shape index (κ1) is 25.1. The molecule has 2 aliphatic carbocycles. The highest BCUT2D eigenvalue weighted by molar-refractivity contribution is 6.06. The summed E-state index contributed by atoms with van der Waals surface area (Å²) in [5.41, 5.74) is 1.14. The molecule has 3 amide bonds. The molecule has 4 fully saturated rings. The van der Waals surface area contributed by atoms with Crippen molar-refractivity contribution in [3.63, 3.8) is 0 Å². The van der Waals surface area contributed by atoms with Crippen LogP contribution in [0.3, 0.4) is 0 Å². The molecule has 0 spiro atoms. The first-order valence-electron chi connectivity index (χ1n) is 13.8. The number of nitrogens with one attached hydrogen (secondary N) is 1. The summed E-state index contributed by atoms with van der Waals surface area (Å²) < 4.78 is 5.50. The van der Waals surface area contributed by atoms with Gasteiger partial charge in [0.05, 0.1) is 19.2 Å². The Morgan fingerprint density at radius 1 is 1.03 bits per heavy atom. The average molecular weight is 497 g/mol. The lowest BCUT2D eigenvalue weighted by Crippen LogP contribution is -2.46. The van der Waals surface area contributed by atoms with Gasteiger partial charge in [0, 0.05) is 39.1 Å². The summed E-state index contributed by atoms with van der Waals surface area (Å²) in [6.07, 6.45) is 7.31. The molecule has 5 rings (SSSR count). The Hall–Kier alpha value is -2.61. The summed E-state index contributed by atoms with van der Waals surface area (Å²) >= 11 is 0. The van der Waals surface area contributed by atoms with Crippen molar-refractivity contribution >= 4 is 23.4 Å². The number of para-hydroxylation sites is 2. The van der Waals surface area contributed by atoms with Crippen LogP contribution in [0.5, 0.6) is 5.75 Å². The van der Waals surface area contributed by atoms with Crippen molar-refractivity contribution in [2.24, 2.45) is 17.8 Å². The molecule has 0 radical (unpaired) electrons. The fourth-order valence-electron chi connectivity index (χ4n) is 6.86. The topological polar surface area (TPSA) is 82.2 Å². The third-order valence-electron chi connectivity index (χ3n) is 8.82. The van der Waals surface area contributed by atoms with E-state index in [0.717, 1.165) is 69.3 Å². The van der Waals surface area contributed by atoms with E-state index in [1.165, 1.54) is 24.2 Å². The molecule has 4 atom stereocenters. The molecule has 8 heteroatoms. The number of anilines is 1. The SMILES string of the molecule is COc1ccccc1N1CCN(CCCCN2C(=O)C[C@H](NC(=O)CC3CC4CCC3C4)C2=O)CC1. The summed E-state index contributed by atoms with van der Waals surface area (Å²) in [7, 11) is 1.71. The number of carbonyl (C=O) groups is 3. The lowest BCUT2D eigenvalue weighted by atomic mass is 9.86. The van der Waals surface area contributed by atoms with Crippen molar-refractivity contribution < 1.29 is 19.1 Å². The zero-order valence-electron chi connectivity index (χ0n) is 21.5. The number of methoxy groups -OCH3 is 1. The molecule has 2 bridgehead atoms. The second kappa shape index (κ2) is 11.2. The predicted octanol–water partition coefficient (Wildman–Crippen LogP) is 2.67. The molecular formula is C28H40N4O4. The largest absolute Gasteiger partial charge is 0.495 e. The maximum Gasteiger partial charge on any atom is 0.252 e. The van der Waals surface area contributed by atoms with E-state index in [9.17, 15) is 14.4 Å². The predicted molar refractivity (Wildman–Crippen MR) is 138 cm³/mol. The van der Waals surface area contributed by atoms with Crippen LogP contribution in [0.1, 0.15) is 51.4 Å². The van der Waals surface area contributed by atoms with Crippen LogP contribution in [-0.4, -0.2) is 79.9 Å². The van der Waals surface area contributed by atoms with Gasteiger partial charge < -0.3 is 15.0 Å². The molecule has 196 valence electrons. The Morgan fingerprint density at radius 3 is 2.53 bits per heavy atom. The maximum absolute atomic E-state index is 12.8. The molecule has 3 unspecified atom stereocenters. The van der Waals surface area contributed by atoms with Gasteiger partial charge in [0.25, 0.3) is 5.91 Å². The number of fused-ring (bicyclic) bond motifs is 2. The number of hydrogen-bond donors (Lipinski definition) is 1. The minimum absolute atomic E-state index is 0.0622. The Morgan fingerprint density at radius 2 is 1.81 bits per heavy atom. The quantitative estimate of drug-likeness (QED) is 0.396. The molecular weight excluding hydrogens is 456 g/mol. The van der Waals surface area contributed by atoms with Crippen molar-refractivity contribution in [3.05, 3.63) is 24.3 Å². The third-order valence-corrected chi connectivity index (χ3v) is 8.82. The van der Waals surface area contributed by atoms with Gasteiger partial charge in [-0.25, -0.2) is 0 Å². The third kappa shape index (κ3) is 5.53. The van der Waals surface area contributed by atoms with Crippen LogP contribution in [0.25, 0.3) is 0 Å². The molecule has 2 heterocycles. The zero-order chi connectivity index (χ0) is 25.1. The van der Waals surface area contributed by atoms with Gasteiger partial charge in [0.2, 0.25) is 11.8 Å². The number of carbonyl (C=O) groups excluding carboxylic acids is 3. The first-order valence-corrected chi connectivity index (χ1v) is 13.8. The molecule has 36 heavy (non-hydrogen) atoms. The van der Waals surface area contributed by atoms with E-state index in [4.69, 9.17) is 4.74 Å². The summed E-state index contributed by atoms with van der Waals surface area (Å²) in [6.45, 7) is 5.27. The number of unbranched alkanes of at least 4 members (excludes halogenated alkanes) is 1. The van der Waals surface area contributed by atoms with Crippen molar-refractivity contribution in [1.82, 2.24) is 15.1 Å². The second-order valence-corrected chi connectivity index (χ2v) is 11.1. The lowest BCUT2D eigenvalue weighted by molar-refractivity contribution is -0.139. The maximum atomic E-state index is 12.8. The van der Waals surface area contributed by atoms with Gasteiger partial charge in [0.15, 0.2) is 0 Å². The highest BCUT2D eigenvalue weighted by atomic mass is 16.5. The summed E-state index contributed by atoms with van der Waals surface area (Å²) in [4.78, 5) is 44.0. The summed E-state index contributed by atoms with van der Waals surface area (Å²) in [6, 6.07) is 7.46. The van der Waals surface area contributed by atoms with Crippen molar-refractivity contribution in [3.8, 4) is 5.75 Å². The summed E-state index contributed by atoms with van der Waals surface area (Å²) in [5.74, 6) is 2.40. The molecule has 1 aromatic rings. The van der Waals surface area contributed by atoms with Crippen LogP contribution in [0.15, 0.2) is 24.3 Å². The van der Waals surface area contributed by atoms with E-state index in [2.05, 4.69) is 21.2 Å². The van der Waals surface area contributed by atoms with Crippen LogP contribution in [0.4, 0.5) is 5.69 Å². The minimum atomic E-state index is -0.674. The number of ether oxygens (including phenoxy) is 1. The highest BCUT2D eigenvalue weighted by Gasteiger charge is 2.42. The molecule has 2 saturated heterocycles. The molecule has 1 N–H and O–H groups in total. The van der Waals surface area contributed by atoms with E-state index in [0.29, 0.717) is 24.8 Å². The Kier molecular flexibility index (Phi) is 7.79. The molecule has 1 aromatic carbocycles. The monoisotopic (exact) mass is 496 g/mol. The number of likely N-dealkylation sites (tertiary alicyclic amines) is 1. The fourth-order valence-corrected chi connectivity index (χ4v) is 6.86. The molecule has 8 nitrogen and oxygen atoms in total. The van der Waals surface area contributed by atoms with Crippen LogP contribution >= 0.6 is 0 Å². The zero-order valence-corrected chi connectivity index (χ0v) is 21.5. The standard InChI is InChI=1S/C28H40N4O4/c1-36-25-7-3-2-6-24(25)31-14-12-30(13-15-31)10-4-5-11-32-27(34)19-23(28(32)35)29-26(33)18-22-17-20-8-9-21(22)16-20/h2-3,6-7,20-23H,4-5,8-19H2,1H3,(H,29,33)/t20?,21?,22?,23-/m0/s1.